The molecule has 0 spiro atoms. The third-order valence-corrected chi connectivity index (χ3v) is 7.91. The smallest absolute Gasteiger partial charge is 0.303 e. The number of benzene rings is 3. The van der Waals surface area contributed by atoms with Gasteiger partial charge in [0.2, 0.25) is 11.1 Å². The highest BCUT2D eigenvalue weighted by atomic mass is 32.2. The first kappa shape index (κ1) is 30.2. The van der Waals surface area contributed by atoms with Crippen molar-refractivity contribution in [3.8, 4) is 11.4 Å². The van der Waals surface area contributed by atoms with Gasteiger partial charge < -0.3 is 30.1 Å². The molecule has 0 aliphatic carbocycles. The van der Waals surface area contributed by atoms with E-state index < -0.39 is 12.3 Å². The highest BCUT2D eigenvalue weighted by Gasteiger charge is 2.32. The highest BCUT2D eigenvalue weighted by molar-refractivity contribution is 7.99. The number of aromatic nitrogens is 4. The van der Waals surface area contributed by atoms with Crippen molar-refractivity contribution in [3.63, 3.8) is 0 Å². The Labute approximate surface area is 251 Å². The SMILES string of the molecule is O=C(O)CCC(=O)NCc1ccc(C2OC(CSc3nnnn3-c3ccc(O)cc3)CC(c3ccc(CO)cc3)O2)cc1. The van der Waals surface area contributed by atoms with E-state index in [2.05, 4.69) is 20.8 Å². The number of thioether (sulfide) groups is 1. The highest BCUT2D eigenvalue weighted by Crippen LogP contribution is 2.39. The van der Waals surface area contributed by atoms with Gasteiger partial charge in [0.05, 0.1) is 30.9 Å². The van der Waals surface area contributed by atoms with Gasteiger partial charge in [-0.05, 0) is 51.4 Å². The van der Waals surface area contributed by atoms with Crippen LogP contribution < -0.4 is 5.32 Å². The summed E-state index contributed by atoms with van der Waals surface area (Å²) < 4.78 is 14.4. The van der Waals surface area contributed by atoms with Crippen molar-refractivity contribution in [2.75, 3.05) is 5.75 Å². The topological polar surface area (TPSA) is 169 Å². The van der Waals surface area contributed by atoms with Crippen LogP contribution in [-0.4, -0.2) is 59.3 Å². The molecule has 224 valence electrons. The molecular weight excluding hydrogens is 574 g/mol. The summed E-state index contributed by atoms with van der Waals surface area (Å²) in [5.41, 5.74) is 4.16. The minimum absolute atomic E-state index is 0.0427. The molecule has 1 aliphatic rings. The number of nitrogens with zero attached hydrogens (tertiary/aromatic N) is 4. The van der Waals surface area contributed by atoms with Crippen LogP contribution in [0.2, 0.25) is 0 Å². The molecule has 13 heteroatoms. The number of hydrogen-bond acceptors (Lipinski definition) is 10. The number of phenols is 1. The first-order chi connectivity index (χ1) is 20.9. The monoisotopic (exact) mass is 605 g/mol. The summed E-state index contributed by atoms with van der Waals surface area (Å²) in [5.74, 6) is -0.636. The third-order valence-electron chi connectivity index (χ3n) is 6.86. The van der Waals surface area contributed by atoms with Crippen LogP contribution in [0.4, 0.5) is 0 Å². The number of tetrazole rings is 1. The number of aromatic hydroxyl groups is 1. The number of carbonyl (C=O) groups excluding carboxylic acids is 1. The molecule has 4 N–H and O–H groups in total. The quantitative estimate of drug-likeness (QED) is 0.174. The molecule has 0 saturated carbocycles. The lowest BCUT2D eigenvalue weighted by atomic mass is 10.0. The fourth-order valence-corrected chi connectivity index (χ4v) is 5.43. The largest absolute Gasteiger partial charge is 0.508 e. The second kappa shape index (κ2) is 14.2. The summed E-state index contributed by atoms with van der Waals surface area (Å²) in [5, 5.41) is 43.2. The lowest BCUT2D eigenvalue weighted by molar-refractivity contribution is -0.245. The van der Waals surface area contributed by atoms with E-state index in [1.54, 1.807) is 28.9 Å². The lowest BCUT2D eigenvalue weighted by Gasteiger charge is -2.36. The minimum Gasteiger partial charge on any atom is -0.508 e. The van der Waals surface area contributed by atoms with Crippen LogP contribution in [0.3, 0.4) is 0 Å². The number of carboxylic acids is 1. The van der Waals surface area contributed by atoms with Gasteiger partial charge in [0.25, 0.3) is 0 Å². The first-order valence-electron chi connectivity index (χ1n) is 13.7. The van der Waals surface area contributed by atoms with Gasteiger partial charge in [-0.1, -0.05) is 60.3 Å². The number of aliphatic hydroxyl groups is 1. The fraction of sp³-hybridized carbons (Fsp3) is 0.300. The lowest BCUT2D eigenvalue weighted by Crippen LogP contribution is -2.31. The van der Waals surface area contributed by atoms with E-state index in [0.29, 0.717) is 17.3 Å². The fourth-order valence-electron chi connectivity index (χ4n) is 4.52. The Balaban J connectivity index is 1.28. The number of rotatable bonds is 12. The van der Waals surface area contributed by atoms with E-state index in [9.17, 15) is 19.8 Å². The zero-order chi connectivity index (χ0) is 30.2. The van der Waals surface area contributed by atoms with Crippen molar-refractivity contribution in [2.24, 2.45) is 0 Å². The summed E-state index contributed by atoms with van der Waals surface area (Å²) >= 11 is 1.45. The maximum Gasteiger partial charge on any atom is 0.303 e. The number of carboxylic acid groups (broad SMARTS) is 1. The van der Waals surface area contributed by atoms with Crippen molar-refractivity contribution in [1.82, 2.24) is 25.5 Å². The Hall–Kier alpha value is -4.30. The van der Waals surface area contributed by atoms with Gasteiger partial charge >= 0.3 is 5.97 Å². The average molecular weight is 606 g/mol. The van der Waals surface area contributed by atoms with Crippen molar-refractivity contribution in [2.45, 2.75) is 56.1 Å². The Morgan fingerprint density at radius 1 is 0.930 bits per heavy atom. The third kappa shape index (κ3) is 8.17. The zero-order valence-corrected chi connectivity index (χ0v) is 23.9. The van der Waals surface area contributed by atoms with Crippen LogP contribution in [-0.2, 0) is 32.2 Å². The Morgan fingerprint density at radius 2 is 1.63 bits per heavy atom. The van der Waals surface area contributed by atoms with Crippen LogP contribution in [0, 0.1) is 0 Å². The van der Waals surface area contributed by atoms with E-state index >= 15 is 0 Å². The summed E-state index contributed by atoms with van der Waals surface area (Å²) in [6.07, 6.45) is -0.838. The van der Waals surface area contributed by atoms with Crippen molar-refractivity contribution in [1.29, 1.82) is 0 Å². The van der Waals surface area contributed by atoms with Gasteiger partial charge in [0, 0.05) is 30.7 Å². The number of amides is 1. The van der Waals surface area contributed by atoms with Gasteiger partial charge in [-0.25, -0.2) is 0 Å². The molecule has 2 heterocycles. The molecule has 43 heavy (non-hydrogen) atoms. The summed E-state index contributed by atoms with van der Waals surface area (Å²) in [6.45, 7) is 0.235. The molecule has 5 rings (SSSR count). The Kier molecular flexibility index (Phi) is 10.00. The minimum atomic E-state index is -1.01. The van der Waals surface area contributed by atoms with Crippen molar-refractivity contribution in [3.05, 3.63) is 95.1 Å². The van der Waals surface area contributed by atoms with E-state index in [1.165, 1.54) is 11.8 Å². The van der Waals surface area contributed by atoms with Gasteiger partial charge in [-0.3, -0.25) is 9.59 Å². The van der Waals surface area contributed by atoms with Gasteiger partial charge in [-0.2, -0.15) is 4.68 Å². The Bertz CT molecular complexity index is 1510. The number of aliphatic carboxylic acids is 1. The van der Waals surface area contributed by atoms with Crippen LogP contribution in [0.1, 0.15) is 53.9 Å². The average Bonchev–Trinajstić information content (AvgIpc) is 3.51. The van der Waals surface area contributed by atoms with Crippen molar-refractivity contribution >= 4 is 23.6 Å². The molecule has 4 aromatic rings. The zero-order valence-electron chi connectivity index (χ0n) is 23.1. The molecular formula is C30H31N5O7S. The van der Waals surface area contributed by atoms with Gasteiger partial charge in [-0.15, -0.1) is 5.10 Å². The van der Waals surface area contributed by atoms with Crippen molar-refractivity contribution < 1.29 is 34.4 Å². The summed E-state index contributed by atoms with van der Waals surface area (Å²) in [6, 6.07) is 21.8. The first-order valence-corrected chi connectivity index (χ1v) is 14.6. The van der Waals surface area contributed by atoms with E-state index in [1.807, 2.05) is 48.5 Å². The van der Waals surface area contributed by atoms with Crippen LogP contribution in [0.25, 0.3) is 5.69 Å². The number of nitrogens with one attached hydrogen (secondary N) is 1. The molecule has 3 atom stereocenters. The van der Waals surface area contributed by atoms with E-state index in [0.717, 1.165) is 27.9 Å². The number of carbonyl (C=O) groups is 2. The maximum absolute atomic E-state index is 11.9. The maximum atomic E-state index is 11.9. The number of hydrogen-bond donors (Lipinski definition) is 4. The van der Waals surface area contributed by atoms with Gasteiger partial charge in [0.15, 0.2) is 6.29 Å². The molecule has 1 aromatic heterocycles. The molecule has 1 amide bonds. The molecule has 0 bridgehead atoms. The second-order valence-electron chi connectivity index (χ2n) is 9.96. The molecule has 1 saturated heterocycles. The molecule has 1 aliphatic heterocycles. The Morgan fingerprint density at radius 3 is 2.33 bits per heavy atom. The standard InChI is InChI=1S/C30H31N5O7S/c36-17-20-3-5-21(6-4-20)26-15-25(18-43-30-32-33-34-35(30)23-9-11-24(37)12-10-23)41-29(42-26)22-7-1-19(2-8-22)16-31-27(38)13-14-28(39)40/h1-12,25-26,29,36-37H,13-18H2,(H,31,38)(H,39,40). The number of ether oxygens (including phenoxy) is 2. The molecule has 0 radical (unpaired) electrons. The molecule has 1 fully saturated rings. The van der Waals surface area contributed by atoms with Crippen LogP contribution in [0.5, 0.6) is 5.75 Å². The normalized spacial score (nSPS) is 18.3. The number of aliphatic hydroxyl groups excluding tert-OH is 1. The number of phenolic OH excluding ortho intramolecular Hbond substituents is 1. The summed E-state index contributed by atoms with van der Waals surface area (Å²) in [4.78, 5) is 22.6. The van der Waals surface area contributed by atoms with Crippen LogP contribution >= 0.6 is 11.8 Å². The summed E-state index contributed by atoms with van der Waals surface area (Å²) in [7, 11) is 0. The molecule has 12 nitrogen and oxygen atoms in total. The van der Waals surface area contributed by atoms with Gasteiger partial charge in [0.1, 0.15) is 5.75 Å². The predicted octanol–water partition coefficient (Wildman–Crippen LogP) is 3.68. The predicted molar refractivity (Wildman–Crippen MR) is 155 cm³/mol. The van der Waals surface area contributed by atoms with E-state index in [4.69, 9.17) is 14.6 Å². The van der Waals surface area contributed by atoms with Crippen LogP contribution in [0.15, 0.2) is 78.0 Å². The second-order valence-corrected chi connectivity index (χ2v) is 11.0. The molecule has 3 aromatic carbocycles. The van der Waals surface area contributed by atoms with E-state index in [-0.39, 0.29) is 49.9 Å². The molecule has 3 unspecified atom stereocenters.